The molecular formula is C24H27N3O9S2. The van der Waals surface area contributed by atoms with E-state index in [1.54, 1.807) is 0 Å². The summed E-state index contributed by atoms with van der Waals surface area (Å²) in [7, 11) is 1.25. The lowest BCUT2D eigenvalue weighted by atomic mass is 9.88. The number of ether oxygens (including phenoxy) is 4. The largest absolute Gasteiger partial charge is 0.493 e. The molecule has 14 heteroatoms. The van der Waals surface area contributed by atoms with Crippen LogP contribution in [0.15, 0.2) is 21.8 Å². The SMILES string of the molecule is COC(=O)c1c(NC(=O)CS(=O)(=O)c2nnc(-c3cc(OC)c(OC)c(OC)c3)o2)sc2c1CCC(C)C2. The minimum absolute atomic E-state index is 0.128. The summed E-state index contributed by atoms with van der Waals surface area (Å²) in [5.74, 6) is -1.15. The minimum atomic E-state index is -4.31. The van der Waals surface area contributed by atoms with Crippen LogP contribution in [0.4, 0.5) is 5.00 Å². The topological polar surface area (TPSA) is 156 Å². The molecule has 0 saturated carbocycles. The molecule has 0 saturated heterocycles. The molecule has 1 N–H and O–H groups in total. The van der Waals surface area contributed by atoms with Gasteiger partial charge in [0.1, 0.15) is 10.8 Å². The second kappa shape index (κ2) is 11.0. The van der Waals surface area contributed by atoms with E-state index in [9.17, 15) is 18.0 Å². The first kappa shape index (κ1) is 27.4. The van der Waals surface area contributed by atoms with Gasteiger partial charge in [-0.05, 0) is 42.9 Å². The van der Waals surface area contributed by atoms with Crippen LogP contribution in [0.3, 0.4) is 0 Å². The summed E-state index contributed by atoms with van der Waals surface area (Å²) < 4.78 is 52.0. The molecule has 1 aliphatic rings. The number of sulfone groups is 1. The normalized spacial score (nSPS) is 14.9. The van der Waals surface area contributed by atoms with Gasteiger partial charge in [-0.3, -0.25) is 4.79 Å². The van der Waals surface area contributed by atoms with Crippen LogP contribution in [0.2, 0.25) is 0 Å². The van der Waals surface area contributed by atoms with E-state index in [0.29, 0.717) is 35.2 Å². The third-order valence-corrected chi connectivity index (χ3v) is 8.57. The summed E-state index contributed by atoms with van der Waals surface area (Å²) in [4.78, 5) is 26.2. The highest BCUT2D eigenvalue weighted by Crippen LogP contribution is 2.42. The van der Waals surface area contributed by atoms with Gasteiger partial charge in [-0.25, -0.2) is 13.2 Å². The van der Waals surface area contributed by atoms with Crippen molar-refractivity contribution >= 4 is 38.1 Å². The maximum absolute atomic E-state index is 12.9. The number of rotatable bonds is 9. The van der Waals surface area contributed by atoms with Gasteiger partial charge in [0.25, 0.3) is 0 Å². The number of thiophene rings is 1. The Labute approximate surface area is 223 Å². The molecular weight excluding hydrogens is 538 g/mol. The Morgan fingerprint density at radius 1 is 1.11 bits per heavy atom. The van der Waals surface area contributed by atoms with Gasteiger partial charge in [0.2, 0.25) is 27.4 Å². The number of anilines is 1. The second-order valence-corrected chi connectivity index (χ2v) is 11.6. The van der Waals surface area contributed by atoms with Crippen molar-refractivity contribution in [1.29, 1.82) is 0 Å². The van der Waals surface area contributed by atoms with E-state index in [1.165, 1.54) is 51.9 Å². The summed E-state index contributed by atoms with van der Waals surface area (Å²) in [5, 5.41) is 9.54. The van der Waals surface area contributed by atoms with E-state index >= 15 is 0 Å². The molecule has 0 spiro atoms. The summed E-state index contributed by atoms with van der Waals surface area (Å²) in [6.07, 6.45) is 2.35. The van der Waals surface area contributed by atoms with Crippen LogP contribution in [-0.2, 0) is 32.2 Å². The monoisotopic (exact) mass is 565 g/mol. The summed E-state index contributed by atoms with van der Waals surface area (Å²) in [6.45, 7) is 2.11. The van der Waals surface area contributed by atoms with Crippen molar-refractivity contribution in [1.82, 2.24) is 10.2 Å². The number of carbonyl (C=O) groups is 2. The Kier molecular flexibility index (Phi) is 7.92. The minimum Gasteiger partial charge on any atom is -0.493 e. The van der Waals surface area contributed by atoms with Crippen LogP contribution in [0.25, 0.3) is 11.5 Å². The van der Waals surface area contributed by atoms with E-state index in [1.807, 2.05) is 0 Å². The van der Waals surface area contributed by atoms with Gasteiger partial charge in [0.05, 0.1) is 34.0 Å². The summed E-state index contributed by atoms with van der Waals surface area (Å²) in [6, 6.07) is 3.04. The first-order valence-electron chi connectivity index (χ1n) is 11.5. The predicted octanol–water partition coefficient (Wildman–Crippen LogP) is 3.15. The average Bonchev–Trinajstić information content (AvgIpc) is 3.52. The molecule has 2 heterocycles. The fraction of sp³-hybridized carbons (Fsp3) is 0.417. The lowest BCUT2D eigenvalue weighted by Gasteiger charge is -2.18. The smallest absolute Gasteiger partial charge is 0.341 e. The molecule has 0 fully saturated rings. The third kappa shape index (κ3) is 5.31. The highest BCUT2D eigenvalue weighted by atomic mass is 32.2. The van der Waals surface area contributed by atoms with Gasteiger partial charge in [-0.1, -0.05) is 12.0 Å². The number of fused-ring (bicyclic) bond motifs is 1. The van der Waals surface area contributed by atoms with Crippen molar-refractivity contribution < 1.29 is 41.4 Å². The van der Waals surface area contributed by atoms with Gasteiger partial charge in [0, 0.05) is 10.4 Å². The molecule has 0 aliphatic heterocycles. The first-order chi connectivity index (χ1) is 18.1. The number of amides is 1. The molecule has 1 amide bonds. The Hall–Kier alpha value is -3.65. The standard InChI is InChI=1S/C24H27N3O9S2/c1-12-6-7-14-17(8-12)37-22(19(14)23(29)35-5)25-18(28)11-38(30,31)24-27-26-21(36-24)13-9-15(32-2)20(34-4)16(10-13)33-3/h9-10,12H,6-8,11H2,1-5H3,(H,25,28). The van der Waals surface area contributed by atoms with E-state index < -0.39 is 32.7 Å². The van der Waals surface area contributed by atoms with E-state index in [2.05, 4.69) is 22.4 Å². The van der Waals surface area contributed by atoms with Crippen molar-refractivity contribution in [3.05, 3.63) is 28.1 Å². The van der Waals surface area contributed by atoms with Crippen LogP contribution in [0.5, 0.6) is 17.2 Å². The highest BCUT2D eigenvalue weighted by molar-refractivity contribution is 7.91. The zero-order valence-corrected chi connectivity index (χ0v) is 23.1. The molecule has 0 bridgehead atoms. The molecule has 1 aromatic carbocycles. The van der Waals surface area contributed by atoms with Gasteiger partial charge in [-0.15, -0.1) is 16.4 Å². The highest BCUT2D eigenvalue weighted by Gasteiger charge is 2.31. The van der Waals surface area contributed by atoms with Crippen LogP contribution in [0.1, 0.15) is 34.1 Å². The zero-order chi connectivity index (χ0) is 27.6. The van der Waals surface area contributed by atoms with Gasteiger partial charge in [-0.2, -0.15) is 0 Å². The van der Waals surface area contributed by atoms with E-state index in [4.69, 9.17) is 23.4 Å². The molecule has 12 nitrogen and oxygen atoms in total. The number of hydrogen-bond acceptors (Lipinski definition) is 12. The van der Waals surface area contributed by atoms with Gasteiger partial charge in [0.15, 0.2) is 11.5 Å². The maximum Gasteiger partial charge on any atom is 0.341 e. The molecule has 1 atom stereocenters. The first-order valence-corrected chi connectivity index (χ1v) is 14.0. The predicted molar refractivity (Wildman–Crippen MR) is 137 cm³/mol. The van der Waals surface area contributed by atoms with Crippen LogP contribution in [0, 0.1) is 5.92 Å². The fourth-order valence-corrected chi connectivity index (χ4v) is 6.54. The number of nitrogens with zero attached hydrogens (tertiary/aromatic N) is 2. The molecule has 1 aliphatic carbocycles. The Balaban J connectivity index is 1.56. The number of benzene rings is 1. The number of carbonyl (C=O) groups excluding carboxylic acids is 2. The second-order valence-electron chi connectivity index (χ2n) is 8.64. The molecule has 4 rings (SSSR count). The van der Waals surface area contributed by atoms with Crippen molar-refractivity contribution in [3.63, 3.8) is 0 Å². The van der Waals surface area contributed by atoms with Crippen LogP contribution < -0.4 is 19.5 Å². The Morgan fingerprint density at radius 2 is 1.79 bits per heavy atom. The summed E-state index contributed by atoms with van der Waals surface area (Å²) >= 11 is 1.26. The number of hydrogen-bond donors (Lipinski definition) is 1. The molecule has 204 valence electrons. The average molecular weight is 566 g/mol. The molecule has 1 unspecified atom stereocenters. The summed E-state index contributed by atoms with van der Waals surface area (Å²) in [5.41, 5.74) is 1.43. The Bertz CT molecular complexity index is 1450. The maximum atomic E-state index is 12.9. The van der Waals surface area contributed by atoms with Gasteiger partial charge >= 0.3 is 11.2 Å². The number of nitrogens with one attached hydrogen (secondary N) is 1. The van der Waals surface area contributed by atoms with E-state index in [0.717, 1.165) is 23.3 Å². The lowest BCUT2D eigenvalue weighted by molar-refractivity contribution is -0.113. The number of methoxy groups -OCH3 is 4. The Morgan fingerprint density at radius 3 is 2.39 bits per heavy atom. The van der Waals surface area contributed by atoms with Crippen LogP contribution >= 0.6 is 11.3 Å². The van der Waals surface area contributed by atoms with Gasteiger partial charge < -0.3 is 28.7 Å². The quantitative estimate of drug-likeness (QED) is 0.380. The van der Waals surface area contributed by atoms with Crippen LogP contribution in [-0.4, -0.2) is 64.7 Å². The lowest BCUT2D eigenvalue weighted by Crippen LogP contribution is -2.24. The molecule has 0 radical (unpaired) electrons. The molecule has 3 aromatic rings. The molecule has 38 heavy (non-hydrogen) atoms. The van der Waals surface area contributed by atoms with Crippen molar-refractivity contribution in [2.24, 2.45) is 5.92 Å². The molecule has 2 aromatic heterocycles. The van der Waals surface area contributed by atoms with E-state index in [-0.39, 0.29) is 16.5 Å². The van der Waals surface area contributed by atoms with Crippen molar-refractivity contribution in [2.75, 3.05) is 39.5 Å². The van der Waals surface area contributed by atoms with Crippen molar-refractivity contribution in [3.8, 4) is 28.7 Å². The fourth-order valence-electron chi connectivity index (χ4n) is 4.21. The number of esters is 1. The number of aromatic nitrogens is 2. The zero-order valence-electron chi connectivity index (χ0n) is 21.4. The van der Waals surface area contributed by atoms with Crippen molar-refractivity contribution in [2.45, 2.75) is 31.4 Å². The third-order valence-electron chi connectivity index (χ3n) is 6.06.